The van der Waals surface area contributed by atoms with E-state index < -0.39 is 15.4 Å². The second-order valence-corrected chi connectivity index (χ2v) is 13.8. The SMILES string of the molecule is CC[Si](CC)(CC)CCP(=O)(O)CN1CCCC1=O. The smallest absolute Gasteiger partial charge is 0.223 e. The Hall–Kier alpha value is -0.123. The number of rotatable bonds is 8. The second-order valence-electron chi connectivity index (χ2n) is 5.78. The van der Waals surface area contributed by atoms with Crippen LogP contribution in [0.15, 0.2) is 0 Å². The number of carbonyl (C=O) groups is 1. The molecule has 1 saturated heterocycles. The minimum atomic E-state index is -3.18. The van der Waals surface area contributed by atoms with Gasteiger partial charge in [0.25, 0.3) is 0 Å². The Labute approximate surface area is 118 Å². The van der Waals surface area contributed by atoms with Crippen LogP contribution in [-0.2, 0) is 9.36 Å². The molecule has 0 bridgehead atoms. The summed E-state index contributed by atoms with van der Waals surface area (Å²) in [6, 6.07) is 4.47. The fraction of sp³-hybridized carbons (Fsp3) is 0.923. The first-order chi connectivity index (χ1) is 8.88. The minimum Gasteiger partial charge on any atom is -0.343 e. The lowest BCUT2D eigenvalue weighted by Crippen LogP contribution is -2.33. The van der Waals surface area contributed by atoms with Gasteiger partial charge in [0, 0.05) is 19.1 Å². The van der Waals surface area contributed by atoms with Gasteiger partial charge < -0.3 is 9.79 Å². The summed E-state index contributed by atoms with van der Waals surface area (Å²) < 4.78 is 12.3. The van der Waals surface area contributed by atoms with Gasteiger partial charge >= 0.3 is 0 Å². The van der Waals surface area contributed by atoms with E-state index in [4.69, 9.17) is 0 Å². The molecule has 1 fully saturated rings. The van der Waals surface area contributed by atoms with Gasteiger partial charge in [-0.3, -0.25) is 9.36 Å². The highest BCUT2D eigenvalue weighted by Crippen LogP contribution is 2.45. The Bertz CT molecular complexity index is 350. The fourth-order valence-electron chi connectivity index (χ4n) is 2.88. The summed E-state index contributed by atoms with van der Waals surface area (Å²) in [5.74, 6) is 0.0410. The van der Waals surface area contributed by atoms with Crippen LogP contribution >= 0.6 is 7.37 Å². The fourth-order valence-corrected chi connectivity index (χ4v) is 9.71. The van der Waals surface area contributed by atoms with Crippen molar-refractivity contribution in [3.8, 4) is 0 Å². The zero-order valence-corrected chi connectivity index (χ0v) is 14.4. The van der Waals surface area contributed by atoms with Crippen molar-refractivity contribution in [1.29, 1.82) is 0 Å². The molecule has 1 aliphatic heterocycles. The van der Waals surface area contributed by atoms with E-state index in [-0.39, 0.29) is 12.2 Å². The molecule has 1 atom stereocenters. The molecule has 0 aromatic carbocycles. The van der Waals surface area contributed by atoms with Crippen LogP contribution in [0.2, 0.25) is 24.2 Å². The van der Waals surface area contributed by atoms with E-state index in [0.717, 1.165) is 12.5 Å². The third kappa shape index (κ3) is 4.73. The zero-order valence-electron chi connectivity index (χ0n) is 12.5. The van der Waals surface area contributed by atoms with Crippen LogP contribution in [0.3, 0.4) is 0 Å². The van der Waals surface area contributed by atoms with Crippen molar-refractivity contribution in [2.45, 2.75) is 57.8 Å². The van der Waals surface area contributed by atoms with Crippen molar-refractivity contribution in [2.75, 3.05) is 19.0 Å². The molecule has 0 aromatic heterocycles. The highest BCUT2D eigenvalue weighted by Gasteiger charge is 2.33. The molecular formula is C13H28NO3PSi. The summed E-state index contributed by atoms with van der Waals surface area (Å²) in [6.45, 7) is 7.30. The normalized spacial score (nSPS) is 19.8. The van der Waals surface area contributed by atoms with Crippen LogP contribution in [0.4, 0.5) is 0 Å². The Morgan fingerprint density at radius 2 is 1.84 bits per heavy atom. The van der Waals surface area contributed by atoms with Gasteiger partial charge in [0.15, 0.2) is 0 Å². The summed E-state index contributed by atoms with van der Waals surface area (Å²) in [6.07, 6.45) is 1.85. The van der Waals surface area contributed by atoms with E-state index in [1.165, 1.54) is 18.1 Å². The van der Waals surface area contributed by atoms with Gasteiger partial charge in [-0.15, -0.1) is 0 Å². The van der Waals surface area contributed by atoms with Gasteiger partial charge in [-0.1, -0.05) is 38.9 Å². The lowest BCUT2D eigenvalue weighted by atomic mass is 10.4. The van der Waals surface area contributed by atoms with E-state index in [2.05, 4.69) is 20.8 Å². The van der Waals surface area contributed by atoms with Gasteiger partial charge in [-0.2, -0.15) is 0 Å². The standard InChI is InChI=1S/C13H28NO3PSi/c1-4-19(5-2,6-3)11-10-18(16,17)12-14-9-7-8-13(14)15/h4-12H2,1-3H3,(H,16,17). The Morgan fingerprint density at radius 1 is 1.26 bits per heavy atom. The number of likely N-dealkylation sites (tertiary alicyclic amines) is 1. The number of hydrogen-bond donors (Lipinski definition) is 1. The number of nitrogens with zero attached hydrogens (tertiary/aromatic N) is 1. The molecular weight excluding hydrogens is 277 g/mol. The third-order valence-electron chi connectivity index (χ3n) is 4.80. The molecule has 1 aliphatic rings. The van der Waals surface area contributed by atoms with E-state index in [1.54, 1.807) is 4.90 Å². The first-order valence-corrected chi connectivity index (χ1v) is 12.3. The molecule has 0 aromatic rings. The molecule has 1 heterocycles. The van der Waals surface area contributed by atoms with Gasteiger partial charge in [0.05, 0.1) is 14.4 Å². The van der Waals surface area contributed by atoms with Crippen molar-refractivity contribution < 1.29 is 14.3 Å². The van der Waals surface area contributed by atoms with Crippen LogP contribution in [0.25, 0.3) is 0 Å². The minimum absolute atomic E-state index is 0.0410. The van der Waals surface area contributed by atoms with E-state index in [9.17, 15) is 14.3 Å². The Balaban J connectivity index is 2.54. The van der Waals surface area contributed by atoms with Crippen LogP contribution in [0.5, 0.6) is 0 Å². The highest BCUT2D eigenvalue weighted by molar-refractivity contribution is 7.58. The molecule has 0 saturated carbocycles. The quantitative estimate of drug-likeness (QED) is 0.552. The first-order valence-electron chi connectivity index (χ1n) is 7.46. The number of amides is 1. The maximum absolute atomic E-state index is 12.3. The summed E-state index contributed by atoms with van der Waals surface area (Å²) >= 11 is 0. The maximum atomic E-state index is 12.3. The van der Waals surface area contributed by atoms with Crippen molar-refractivity contribution >= 4 is 21.3 Å². The molecule has 112 valence electrons. The monoisotopic (exact) mass is 305 g/mol. The number of hydrogen-bond acceptors (Lipinski definition) is 2. The average Bonchev–Trinajstić information content (AvgIpc) is 2.77. The van der Waals surface area contributed by atoms with E-state index in [1.807, 2.05) is 0 Å². The van der Waals surface area contributed by atoms with Crippen molar-refractivity contribution in [2.24, 2.45) is 0 Å². The predicted molar refractivity (Wildman–Crippen MR) is 82.5 cm³/mol. The molecule has 1 unspecified atom stereocenters. The largest absolute Gasteiger partial charge is 0.343 e. The highest BCUT2D eigenvalue weighted by atomic mass is 31.2. The predicted octanol–water partition coefficient (Wildman–Crippen LogP) is 3.35. The van der Waals surface area contributed by atoms with Crippen molar-refractivity contribution in [1.82, 2.24) is 4.90 Å². The van der Waals surface area contributed by atoms with Gasteiger partial charge in [-0.25, -0.2) is 0 Å². The molecule has 1 rings (SSSR count). The lowest BCUT2D eigenvalue weighted by Gasteiger charge is -2.29. The average molecular weight is 305 g/mol. The molecule has 0 aliphatic carbocycles. The van der Waals surface area contributed by atoms with Crippen LogP contribution < -0.4 is 0 Å². The van der Waals surface area contributed by atoms with Crippen molar-refractivity contribution in [3.05, 3.63) is 0 Å². The van der Waals surface area contributed by atoms with Gasteiger partial charge in [0.1, 0.15) is 0 Å². The molecule has 1 amide bonds. The Kier molecular flexibility index (Phi) is 6.28. The second kappa shape index (κ2) is 7.05. The van der Waals surface area contributed by atoms with Crippen molar-refractivity contribution in [3.63, 3.8) is 0 Å². The molecule has 0 radical (unpaired) electrons. The van der Waals surface area contributed by atoms with E-state index >= 15 is 0 Å². The van der Waals surface area contributed by atoms with Gasteiger partial charge in [-0.05, 0) is 12.5 Å². The van der Waals surface area contributed by atoms with E-state index in [0.29, 0.717) is 19.1 Å². The molecule has 4 nitrogen and oxygen atoms in total. The Morgan fingerprint density at radius 3 is 2.26 bits per heavy atom. The molecule has 0 spiro atoms. The zero-order chi connectivity index (χ0) is 14.5. The maximum Gasteiger partial charge on any atom is 0.223 e. The molecule has 1 N–H and O–H groups in total. The summed E-state index contributed by atoms with van der Waals surface area (Å²) in [5.41, 5.74) is 0. The van der Waals surface area contributed by atoms with Crippen LogP contribution in [-0.4, -0.2) is 42.8 Å². The summed E-state index contributed by atoms with van der Waals surface area (Å²) in [4.78, 5) is 23.2. The topological polar surface area (TPSA) is 57.6 Å². The first kappa shape index (κ1) is 16.9. The molecule has 19 heavy (non-hydrogen) atoms. The van der Waals surface area contributed by atoms with Gasteiger partial charge in [0.2, 0.25) is 13.3 Å². The third-order valence-corrected chi connectivity index (χ3v) is 12.7. The molecule has 6 heteroatoms. The number of carbonyl (C=O) groups excluding carboxylic acids is 1. The summed E-state index contributed by atoms with van der Waals surface area (Å²) in [7, 11) is -4.51. The van der Waals surface area contributed by atoms with Crippen LogP contribution in [0, 0.1) is 0 Å². The van der Waals surface area contributed by atoms with Crippen LogP contribution in [0.1, 0.15) is 33.6 Å². The lowest BCUT2D eigenvalue weighted by molar-refractivity contribution is -0.127. The summed E-state index contributed by atoms with van der Waals surface area (Å²) in [5, 5.41) is 0.